The maximum atomic E-state index is 5.81. The van der Waals surface area contributed by atoms with E-state index in [1.165, 1.54) is 61.7 Å². The summed E-state index contributed by atoms with van der Waals surface area (Å²) in [6.45, 7) is 4.74. The summed E-state index contributed by atoms with van der Waals surface area (Å²) < 4.78 is 7.85. The molecule has 9 aromatic rings. The van der Waals surface area contributed by atoms with E-state index in [1.807, 2.05) is 0 Å². The SMILES string of the molecule is CC1(C)c2ccccc2-c2ccc3c4ccccc4n(-c4nc(-c5ccccc5)[c]5c(n4)-c4cccc[c]4[Ge]5([c]4ccccc4)[c]4ccccc4)c3c21. The van der Waals surface area contributed by atoms with Crippen LogP contribution in [0.15, 0.2) is 176 Å². The van der Waals surface area contributed by atoms with Gasteiger partial charge in [0.1, 0.15) is 0 Å². The number of para-hydroxylation sites is 1. The average Bonchev–Trinajstić information content (AvgIpc) is 3.80. The van der Waals surface area contributed by atoms with Crippen molar-refractivity contribution in [3.8, 4) is 39.6 Å². The third kappa shape index (κ3) is 4.06. The Morgan fingerprint density at radius 1 is 0.491 bits per heavy atom. The van der Waals surface area contributed by atoms with Gasteiger partial charge in [0.25, 0.3) is 0 Å². The topological polar surface area (TPSA) is 30.7 Å². The van der Waals surface area contributed by atoms with Gasteiger partial charge in [0.2, 0.25) is 0 Å². The Kier molecular flexibility index (Phi) is 6.48. The Morgan fingerprint density at radius 3 is 1.81 bits per heavy atom. The molecule has 0 radical (unpaired) electrons. The number of fused-ring (bicyclic) bond motifs is 10. The van der Waals surface area contributed by atoms with Crippen LogP contribution in [-0.4, -0.2) is 27.8 Å². The van der Waals surface area contributed by atoms with Gasteiger partial charge in [0.15, 0.2) is 0 Å². The Labute approximate surface area is 311 Å². The zero-order valence-corrected chi connectivity index (χ0v) is 31.7. The van der Waals surface area contributed by atoms with Gasteiger partial charge in [-0.05, 0) is 0 Å². The van der Waals surface area contributed by atoms with Crippen molar-refractivity contribution in [3.05, 3.63) is 187 Å². The molecule has 2 aliphatic rings. The molecule has 0 atom stereocenters. The molecule has 2 aromatic heterocycles. The molecular formula is C49H35GeN3. The zero-order chi connectivity index (χ0) is 35.3. The molecule has 0 fully saturated rings. The van der Waals surface area contributed by atoms with Gasteiger partial charge in [-0.15, -0.1) is 0 Å². The Morgan fingerprint density at radius 2 is 1.08 bits per heavy atom. The molecule has 0 spiro atoms. The first-order valence-electron chi connectivity index (χ1n) is 18.4. The van der Waals surface area contributed by atoms with Crippen molar-refractivity contribution in [2.45, 2.75) is 19.3 Å². The molecule has 0 N–H and O–H groups in total. The Hall–Kier alpha value is -6.04. The third-order valence-corrected chi connectivity index (χ3v) is 22.1. The first-order chi connectivity index (χ1) is 26.1. The standard InChI is InChI=1S/C49H35GeN3/c1-49(2)40-27-15-12-24-35(40)37-30-31-38-36-25-14-17-29-42(36)53(47(38)43(37)49)48-51-45(32-18-6-3-7-19-32)44-46(52-48)39-26-13-16-28-41(39)50(44,33-20-8-4-9-21-33)34-22-10-5-11-23-34/h3-31H,1-2H3. The van der Waals surface area contributed by atoms with Crippen LogP contribution in [0.2, 0.25) is 0 Å². The van der Waals surface area contributed by atoms with Gasteiger partial charge in [-0.1, -0.05) is 0 Å². The summed E-state index contributed by atoms with van der Waals surface area (Å²) >= 11 is -3.67. The van der Waals surface area contributed by atoms with Gasteiger partial charge in [-0.25, -0.2) is 0 Å². The normalized spacial score (nSPS) is 14.5. The second-order valence-electron chi connectivity index (χ2n) is 14.9. The molecule has 250 valence electrons. The molecule has 1 aliphatic heterocycles. The molecule has 11 rings (SSSR count). The number of hydrogen-bond acceptors (Lipinski definition) is 2. The van der Waals surface area contributed by atoms with Gasteiger partial charge in [-0.2, -0.15) is 0 Å². The van der Waals surface area contributed by atoms with Crippen LogP contribution in [0.3, 0.4) is 0 Å². The number of benzene rings is 7. The molecular weight excluding hydrogens is 703 g/mol. The van der Waals surface area contributed by atoms with Crippen LogP contribution in [0.25, 0.3) is 61.4 Å². The predicted octanol–water partition coefficient (Wildman–Crippen LogP) is 8.90. The molecule has 53 heavy (non-hydrogen) atoms. The van der Waals surface area contributed by atoms with Gasteiger partial charge in [0, 0.05) is 0 Å². The molecule has 0 saturated heterocycles. The summed E-state index contributed by atoms with van der Waals surface area (Å²) in [4.78, 5) is 11.6. The van der Waals surface area contributed by atoms with E-state index in [0.717, 1.165) is 22.5 Å². The van der Waals surface area contributed by atoms with Crippen LogP contribution >= 0.6 is 0 Å². The Bertz CT molecular complexity index is 2870. The van der Waals surface area contributed by atoms with Crippen molar-refractivity contribution in [1.82, 2.24) is 14.5 Å². The molecule has 4 heteroatoms. The summed E-state index contributed by atoms with van der Waals surface area (Å²) in [5.74, 6) is 0.711. The van der Waals surface area contributed by atoms with Gasteiger partial charge < -0.3 is 0 Å². The van der Waals surface area contributed by atoms with E-state index in [1.54, 1.807) is 0 Å². The number of rotatable bonds is 4. The van der Waals surface area contributed by atoms with Gasteiger partial charge >= 0.3 is 313 Å². The molecule has 0 saturated carbocycles. The fourth-order valence-electron chi connectivity index (χ4n) is 9.72. The van der Waals surface area contributed by atoms with E-state index >= 15 is 0 Å². The predicted molar refractivity (Wildman–Crippen MR) is 222 cm³/mol. The van der Waals surface area contributed by atoms with Crippen LogP contribution in [0.1, 0.15) is 25.0 Å². The Balaban J connectivity index is 1.32. The van der Waals surface area contributed by atoms with E-state index in [2.05, 4.69) is 194 Å². The van der Waals surface area contributed by atoms with Crippen molar-refractivity contribution in [1.29, 1.82) is 0 Å². The summed E-state index contributed by atoms with van der Waals surface area (Å²) in [5, 5.41) is 2.44. The first-order valence-corrected chi connectivity index (χ1v) is 22.6. The second kappa shape index (κ2) is 11.2. The van der Waals surface area contributed by atoms with Crippen molar-refractivity contribution < 1.29 is 0 Å². The van der Waals surface area contributed by atoms with E-state index in [0.29, 0.717) is 5.95 Å². The van der Waals surface area contributed by atoms with Crippen molar-refractivity contribution in [2.24, 2.45) is 0 Å². The second-order valence-corrected chi connectivity index (χ2v) is 22.6. The van der Waals surface area contributed by atoms with E-state index in [-0.39, 0.29) is 5.41 Å². The summed E-state index contributed by atoms with van der Waals surface area (Å²) in [5.41, 5.74) is 11.8. The van der Waals surface area contributed by atoms with Gasteiger partial charge in [-0.3, -0.25) is 0 Å². The van der Waals surface area contributed by atoms with Crippen molar-refractivity contribution >= 4 is 52.7 Å². The minimum absolute atomic E-state index is 0.214. The number of nitrogens with zero attached hydrogens (tertiary/aromatic N) is 3. The third-order valence-electron chi connectivity index (χ3n) is 11.9. The molecule has 0 unspecified atom stereocenters. The van der Waals surface area contributed by atoms with Crippen LogP contribution in [0.5, 0.6) is 0 Å². The fraction of sp³-hybridized carbons (Fsp3) is 0.0612. The van der Waals surface area contributed by atoms with Crippen molar-refractivity contribution in [3.63, 3.8) is 0 Å². The number of aromatic nitrogens is 3. The zero-order valence-electron chi connectivity index (χ0n) is 29.6. The molecule has 3 heterocycles. The molecule has 3 nitrogen and oxygen atoms in total. The van der Waals surface area contributed by atoms with Crippen LogP contribution in [0, 0.1) is 0 Å². The fourth-order valence-corrected chi connectivity index (χ4v) is 20.7. The van der Waals surface area contributed by atoms with Crippen LogP contribution in [-0.2, 0) is 5.41 Å². The molecule has 7 aromatic carbocycles. The minimum atomic E-state index is -3.67. The van der Waals surface area contributed by atoms with Gasteiger partial charge in [0.05, 0.1) is 0 Å². The first kappa shape index (κ1) is 30.6. The monoisotopic (exact) mass is 739 g/mol. The molecule has 0 bridgehead atoms. The molecule has 0 amide bonds. The van der Waals surface area contributed by atoms with E-state index in [4.69, 9.17) is 9.97 Å². The average molecular weight is 738 g/mol. The quantitative estimate of drug-likeness (QED) is 0.169. The summed E-state index contributed by atoms with van der Waals surface area (Å²) in [7, 11) is 0. The summed E-state index contributed by atoms with van der Waals surface area (Å²) in [6, 6.07) is 64.6. The van der Waals surface area contributed by atoms with E-state index in [9.17, 15) is 0 Å². The molecule has 1 aliphatic carbocycles. The van der Waals surface area contributed by atoms with Crippen LogP contribution in [0.4, 0.5) is 0 Å². The van der Waals surface area contributed by atoms with E-state index < -0.39 is 13.3 Å². The number of hydrogen-bond donors (Lipinski definition) is 0. The van der Waals surface area contributed by atoms with Crippen molar-refractivity contribution in [2.75, 3.05) is 0 Å². The van der Waals surface area contributed by atoms with Crippen LogP contribution < -0.4 is 17.6 Å². The summed E-state index contributed by atoms with van der Waals surface area (Å²) in [6.07, 6.45) is 0. The maximum absolute atomic E-state index is 5.81.